The first-order chi connectivity index (χ1) is 14.5. The topological polar surface area (TPSA) is 81.9 Å². The Morgan fingerprint density at radius 1 is 1.00 bits per heavy atom. The van der Waals surface area contributed by atoms with Gasteiger partial charge >= 0.3 is 0 Å². The minimum absolute atomic E-state index is 0.0652. The number of carbonyl (C=O) groups excluding carboxylic acids is 1. The van der Waals surface area contributed by atoms with Crippen LogP contribution in [0.25, 0.3) is 5.82 Å². The zero-order valence-corrected chi connectivity index (χ0v) is 16.7. The van der Waals surface area contributed by atoms with Gasteiger partial charge in [0.2, 0.25) is 11.8 Å². The van der Waals surface area contributed by atoms with Crippen LogP contribution in [0.2, 0.25) is 0 Å². The molecular weight excluding hydrogens is 378 g/mol. The Labute approximate surface area is 174 Å². The van der Waals surface area contributed by atoms with Crippen molar-refractivity contribution in [2.24, 2.45) is 0 Å². The molecule has 4 aromatic rings. The van der Waals surface area contributed by atoms with Crippen molar-refractivity contribution in [2.45, 2.75) is 20.3 Å². The highest BCUT2D eigenvalue weighted by Crippen LogP contribution is 2.21. The zero-order chi connectivity index (χ0) is 20.9. The zero-order valence-electron chi connectivity index (χ0n) is 16.7. The molecule has 7 heteroatoms. The predicted molar refractivity (Wildman–Crippen MR) is 114 cm³/mol. The third-order valence-electron chi connectivity index (χ3n) is 4.39. The summed E-state index contributed by atoms with van der Waals surface area (Å²) in [7, 11) is 0. The van der Waals surface area contributed by atoms with Gasteiger partial charge in [-0.05, 0) is 55.8 Å². The second kappa shape index (κ2) is 8.57. The van der Waals surface area contributed by atoms with Gasteiger partial charge in [-0.25, -0.2) is 4.68 Å². The van der Waals surface area contributed by atoms with Gasteiger partial charge in [-0.2, -0.15) is 5.10 Å². The smallest absolute Gasteiger partial charge is 0.238 e. The van der Waals surface area contributed by atoms with Crippen molar-refractivity contribution in [1.82, 2.24) is 20.0 Å². The number of hydrogen-bond acceptors (Lipinski definition) is 5. The van der Waals surface area contributed by atoms with Crippen molar-refractivity contribution in [3.63, 3.8) is 0 Å². The minimum Gasteiger partial charge on any atom is -0.438 e. The van der Waals surface area contributed by atoms with E-state index in [1.165, 1.54) is 0 Å². The Balaban J connectivity index is 1.34. The molecule has 2 aromatic carbocycles. The Morgan fingerprint density at radius 3 is 2.50 bits per heavy atom. The van der Waals surface area contributed by atoms with Crippen LogP contribution in [-0.4, -0.2) is 25.9 Å². The van der Waals surface area contributed by atoms with Crippen molar-refractivity contribution in [2.75, 3.05) is 5.32 Å². The van der Waals surface area contributed by atoms with Gasteiger partial charge in [-0.3, -0.25) is 4.79 Å². The number of aromatic nitrogens is 4. The third kappa shape index (κ3) is 4.88. The molecule has 7 nitrogen and oxygen atoms in total. The molecule has 150 valence electrons. The van der Waals surface area contributed by atoms with Crippen molar-refractivity contribution in [3.8, 4) is 17.4 Å². The average molecular weight is 399 g/mol. The van der Waals surface area contributed by atoms with Crippen LogP contribution in [-0.2, 0) is 11.2 Å². The van der Waals surface area contributed by atoms with E-state index in [1.54, 1.807) is 41.1 Å². The van der Waals surface area contributed by atoms with Gasteiger partial charge in [0.05, 0.1) is 12.1 Å². The number of benzene rings is 2. The maximum atomic E-state index is 12.3. The number of carbonyl (C=O) groups is 1. The van der Waals surface area contributed by atoms with Gasteiger partial charge in [0, 0.05) is 18.0 Å². The molecule has 0 bridgehead atoms. The first kappa shape index (κ1) is 19.3. The van der Waals surface area contributed by atoms with E-state index in [9.17, 15) is 4.79 Å². The van der Waals surface area contributed by atoms with Gasteiger partial charge in [0.1, 0.15) is 5.75 Å². The van der Waals surface area contributed by atoms with E-state index in [0.717, 1.165) is 16.8 Å². The van der Waals surface area contributed by atoms with Crippen LogP contribution in [0.5, 0.6) is 11.6 Å². The third-order valence-corrected chi connectivity index (χ3v) is 4.39. The fourth-order valence-electron chi connectivity index (χ4n) is 2.97. The van der Waals surface area contributed by atoms with E-state index in [0.29, 0.717) is 29.6 Å². The summed E-state index contributed by atoms with van der Waals surface area (Å²) in [6.07, 6.45) is 2.16. The van der Waals surface area contributed by atoms with E-state index in [4.69, 9.17) is 4.74 Å². The molecule has 0 unspecified atom stereocenters. The van der Waals surface area contributed by atoms with Gasteiger partial charge in [-0.1, -0.05) is 29.8 Å². The standard InChI is InChI=1S/C23H21N5O2/c1-16-4-3-5-18(14-16)15-22(29)24-19-6-8-20(9-7-19)30-23-11-10-21(25-26-23)28-13-12-17(2)27-28/h3-14H,15H2,1-2H3,(H,24,29). The molecule has 0 saturated heterocycles. The number of amides is 1. The van der Waals surface area contributed by atoms with Crippen LogP contribution < -0.4 is 10.1 Å². The number of anilines is 1. The first-order valence-corrected chi connectivity index (χ1v) is 9.55. The summed E-state index contributed by atoms with van der Waals surface area (Å²) >= 11 is 0. The molecule has 1 amide bonds. The molecule has 2 aromatic heterocycles. The van der Waals surface area contributed by atoms with Crippen LogP contribution in [0.4, 0.5) is 5.69 Å². The second-order valence-electron chi connectivity index (χ2n) is 6.97. The van der Waals surface area contributed by atoms with Crippen LogP contribution in [0.15, 0.2) is 72.9 Å². The number of hydrogen-bond donors (Lipinski definition) is 1. The lowest BCUT2D eigenvalue weighted by molar-refractivity contribution is -0.115. The molecule has 30 heavy (non-hydrogen) atoms. The Morgan fingerprint density at radius 2 is 1.83 bits per heavy atom. The Hall–Kier alpha value is -4.00. The van der Waals surface area contributed by atoms with Crippen molar-refractivity contribution in [3.05, 3.63) is 89.7 Å². The van der Waals surface area contributed by atoms with Crippen LogP contribution >= 0.6 is 0 Å². The van der Waals surface area contributed by atoms with Crippen LogP contribution in [0.3, 0.4) is 0 Å². The lowest BCUT2D eigenvalue weighted by Crippen LogP contribution is -2.14. The molecule has 0 aliphatic carbocycles. The summed E-state index contributed by atoms with van der Waals surface area (Å²) in [5.74, 6) is 1.52. The molecule has 2 heterocycles. The van der Waals surface area contributed by atoms with E-state index >= 15 is 0 Å². The van der Waals surface area contributed by atoms with Crippen molar-refractivity contribution < 1.29 is 9.53 Å². The average Bonchev–Trinajstić information content (AvgIpc) is 3.16. The molecule has 0 aliphatic rings. The molecule has 0 saturated carbocycles. The fourth-order valence-corrected chi connectivity index (χ4v) is 2.97. The summed E-state index contributed by atoms with van der Waals surface area (Å²) in [4.78, 5) is 12.3. The summed E-state index contributed by atoms with van der Waals surface area (Å²) in [5.41, 5.74) is 3.73. The van der Waals surface area contributed by atoms with E-state index in [1.807, 2.05) is 50.4 Å². The van der Waals surface area contributed by atoms with Crippen LogP contribution in [0.1, 0.15) is 16.8 Å². The van der Waals surface area contributed by atoms with Gasteiger partial charge in [-0.15, -0.1) is 10.2 Å². The number of rotatable bonds is 6. The number of nitrogens with one attached hydrogen (secondary N) is 1. The molecule has 4 rings (SSSR count). The summed E-state index contributed by atoms with van der Waals surface area (Å²) in [6.45, 7) is 3.92. The monoisotopic (exact) mass is 399 g/mol. The molecule has 0 radical (unpaired) electrons. The fraction of sp³-hybridized carbons (Fsp3) is 0.130. The number of ether oxygens (including phenoxy) is 1. The second-order valence-corrected chi connectivity index (χ2v) is 6.97. The molecule has 1 N–H and O–H groups in total. The lowest BCUT2D eigenvalue weighted by Gasteiger charge is -2.08. The molecular formula is C23H21N5O2. The molecule has 0 fully saturated rings. The van der Waals surface area contributed by atoms with Gasteiger partial charge in [0.25, 0.3) is 0 Å². The minimum atomic E-state index is -0.0652. The predicted octanol–water partition coefficient (Wildman–Crippen LogP) is 4.25. The Kier molecular flexibility index (Phi) is 5.52. The normalized spacial score (nSPS) is 10.6. The number of nitrogens with zero attached hydrogens (tertiary/aromatic N) is 4. The highest BCUT2D eigenvalue weighted by molar-refractivity contribution is 5.92. The summed E-state index contributed by atoms with van der Waals surface area (Å²) < 4.78 is 7.38. The highest BCUT2D eigenvalue weighted by Gasteiger charge is 2.06. The van der Waals surface area contributed by atoms with E-state index in [-0.39, 0.29) is 5.91 Å². The van der Waals surface area contributed by atoms with Crippen molar-refractivity contribution in [1.29, 1.82) is 0 Å². The lowest BCUT2D eigenvalue weighted by atomic mass is 10.1. The quantitative estimate of drug-likeness (QED) is 0.524. The summed E-state index contributed by atoms with van der Waals surface area (Å²) in [5, 5.41) is 15.4. The molecule has 0 atom stereocenters. The summed E-state index contributed by atoms with van der Waals surface area (Å²) in [6, 6.07) is 20.5. The Bertz CT molecular complexity index is 1150. The maximum absolute atomic E-state index is 12.3. The first-order valence-electron chi connectivity index (χ1n) is 9.55. The van der Waals surface area contributed by atoms with Crippen LogP contribution in [0, 0.1) is 13.8 Å². The maximum Gasteiger partial charge on any atom is 0.238 e. The molecule has 0 spiro atoms. The molecule has 0 aliphatic heterocycles. The van der Waals surface area contributed by atoms with Gasteiger partial charge in [0.15, 0.2) is 5.82 Å². The van der Waals surface area contributed by atoms with E-state index in [2.05, 4.69) is 20.6 Å². The van der Waals surface area contributed by atoms with Crippen molar-refractivity contribution >= 4 is 11.6 Å². The van der Waals surface area contributed by atoms with E-state index < -0.39 is 0 Å². The largest absolute Gasteiger partial charge is 0.438 e. The van der Waals surface area contributed by atoms with Gasteiger partial charge < -0.3 is 10.1 Å². The highest BCUT2D eigenvalue weighted by atomic mass is 16.5. The number of aryl methyl sites for hydroxylation is 2. The SMILES string of the molecule is Cc1cccc(CC(=O)Nc2ccc(Oc3ccc(-n4ccc(C)n4)nn3)cc2)c1.